The lowest BCUT2D eigenvalue weighted by molar-refractivity contribution is 0.0697. The van der Waals surface area contributed by atoms with Crippen molar-refractivity contribution in [1.29, 1.82) is 0 Å². The molecule has 0 saturated heterocycles. The first kappa shape index (κ1) is 14.2. The molecule has 19 heavy (non-hydrogen) atoms. The highest BCUT2D eigenvalue weighted by atomic mass is 35.5. The fourth-order valence-electron chi connectivity index (χ4n) is 2.94. The number of benzene rings is 1. The molecule has 0 aromatic heterocycles. The van der Waals surface area contributed by atoms with Gasteiger partial charge in [-0.15, -0.1) is 0 Å². The van der Waals surface area contributed by atoms with E-state index in [4.69, 9.17) is 11.6 Å². The van der Waals surface area contributed by atoms with Crippen LogP contribution in [0.15, 0.2) is 18.2 Å². The third-order valence-electron chi connectivity index (χ3n) is 3.86. The molecule has 0 unspecified atom stereocenters. The molecule has 1 fully saturated rings. The van der Waals surface area contributed by atoms with Gasteiger partial charge in [0.1, 0.15) is 0 Å². The zero-order valence-electron chi connectivity index (χ0n) is 11.2. The Bertz CT molecular complexity index is 455. The molecular formula is C15H20ClNO2. The third kappa shape index (κ3) is 3.21. The molecule has 1 aromatic rings. The van der Waals surface area contributed by atoms with Crippen molar-refractivity contribution in [3.05, 3.63) is 28.8 Å². The van der Waals surface area contributed by atoms with Gasteiger partial charge < -0.3 is 10.0 Å². The van der Waals surface area contributed by atoms with E-state index in [0.717, 1.165) is 25.1 Å². The zero-order valence-corrected chi connectivity index (χ0v) is 12.0. The minimum absolute atomic E-state index is 0.344. The Morgan fingerprint density at radius 1 is 1.37 bits per heavy atom. The fraction of sp³-hybridized carbons (Fsp3) is 0.533. The first-order valence-corrected chi connectivity index (χ1v) is 7.30. The zero-order chi connectivity index (χ0) is 13.8. The van der Waals surface area contributed by atoms with Gasteiger partial charge in [0.05, 0.1) is 11.3 Å². The SMILES string of the molecule is CCN(c1cc(Cl)ccc1C(=O)O)C1CCCCC1. The summed E-state index contributed by atoms with van der Waals surface area (Å²) in [7, 11) is 0. The first-order chi connectivity index (χ1) is 9.13. The Kier molecular flexibility index (Phi) is 4.70. The van der Waals surface area contributed by atoms with Gasteiger partial charge in [-0.2, -0.15) is 0 Å². The van der Waals surface area contributed by atoms with Crippen molar-refractivity contribution < 1.29 is 9.90 Å². The predicted octanol–water partition coefficient (Wildman–Crippen LogP) is 4.20. The Labute approximate surface area is 119 Å². The highest BCUT2D eigenvalue weighted by molar-refractivity contribution is 6.31. The summed E-state index contributed by atoms with van der Waals surface area (Å²) in [4.78, 5) is 13.6. The van der Waals surface area contributed by atoms with Gasteiger partial charge in [-0.25, -0.2) is 4.79 Å². The number of carbonyl (C=O) groups is 1. The van der Waals surface area contributed by atoms with Gasteiger partial charge in [0.15, 0.2) is 0 Å². The maximum absolute atomic E-state index is 11.4. The number of carboxylic acid groups (broad SMARTS) is 1. The molecule has 0 spiro atoms. The van der Waals surface area contributed by atoms with Crippen LogP contribution in [0.1, 0.15) is 49.4 Å². The molecule has 0 radical (unpaired) electrons. The van der Waals surface area contributed by atoms with E-state index in [0.29, 0.717) is 16.6 Å². The predicted molar refractivity (Wildman–Crippen MR) is 78.3 cm³/mol. The summed E-state index contributed by atoms with van der Waals surface area (Å²) < 4.78 is 0. The lowest BCUT2D eigenvalue weighted by Crippen LogP contribution is -2.37. The van der Waals surface area contributed by atoms with Crippen LogP contribution >= 0.6 is 11.6 Å². The van der Waals surface area contributed by atoms with Gasteiger partial charge in [-0.3, -0.25) is 0 Å². The van der Waals surface area contributed by atoms with E-state index in [-0.39, 0.29) is 0 Å². The molecule has 1 aromatic carbocycles. The summed E-state index contributed by atoms with van der Waals surface area (Å²) in [6.07, 6.45) is 6.02. The molecule has 0 atom stereocenters. The van der Waals surface area contributed by atoms with Crippen molar-refractivity contribution in [2.45, 2.75) is 45.1 Å². The maximum atomic E-state index is 11.4. The molecule has 3 nitrogen and oxygen atoms in total. The number of nitrogens with zero attached hydrogens (tertiary/aromatic N) is 1. The number of hydrogen-bond acceptors (Lipinski definition) is 2. The molecule has 1 aliphatic carbocycles. The standard InChI is InChI=1S/C15H20ClNO2/c1-2-17(12-6-4-3-5-7-12)14-10-11(16)8-9-13(14)15(18)19/h8-10,12H,2-7H2,1H3,(H,18,19). The normalized spacial score (nSPS) is 16.3. The second-order valence-electron chi connectivity index (χ2n) is 5.04. The summed E-state index contributed by atoms with van der Waals surface area (Å²) in [5.74, 6) is -0.888. The first-order valence-electron chi connectivity index (χ1n) is 6.93. The highest BCUT2D eigenvalue weighted by Crippen LogP contribution is 2.31. The van der Waals surface area contributed by atoms with Crippen molar-refractivity contribution in [3.8, 4) is 0 Å². The van der Waals surface area contributed by atoms with Crippen molar-refractivity contribution in [1.82, 2.24) is 0 Å². The Hall–Kier alpha value is -1.22. The van der Waals surface area contributed by atoms with Crippen molar-refractivity contribution in [2.75, 3.05) is 11.4 Å². The van der Waals surface area contributed by atoms with Crippen molar-refractivity contribution in [2.24, 2.45) is 0 Å². The average molecular weight is 282 g/mol. The third-order valence-corrected chi connectivity index (χ3v) is 4.09. The molecule has 0 aliphatic heterocycles. The lowest BCUT2D eigenvalue weighted by atomic mass is 9.93. The maximum Gasteiger partial charge on any atom is 0.337 e. The molecular weight excluding hydrogens is 262 g/mol. The largest absolute Gasteiger partial charge is 0.478 e. The summed E-state index contributed by atoms with van der Waals surface area (Å²) in [6.45, 7) is 2.88. The Balaban J connectivity index is 2.35. The summed E-state index contributed by atoms with van der Waals surface area (Å²) >= 11 is 6.04. The fourth-order valence-corrected chi connectivity index (χ4v) is 3.11. The second-order valence-corrected chi connectivity index (χ2v) is 5.48. The Morgan fingerprint density at radius 3 is 2.63 bits per heavy atom. The minimum atomic E-state index is -0.888. The van der Waals surface area contributed by atoms with Crippen LogP contribution in [0.4, 0.5) is 5.69 Å². The van der Waals surface area contributed by atoms with Crippen molar-refractivity contribution >= 4 is 23.3 Å². The number of anilines is 1. The topological polar surface area (TPSA) is 40.5 Å². The van der Waals surface area contributed by atoms with E-state index in [1.54, 1.807) is 18.2 Å². The van der Waals surface area contributed by atoms with Gasteiger partial charge in [0.25, 0.3) is 0 Å². The number of aromatic carboxylic acids is 1. The van der Waals surface area contributed by atoms with Crippen LogP contribution in [0.25, 0.3) is 0 Å². The van der Waals surface area contributed by atoms with Crippen LogP contribution in [0, 0.1) is 0 Å². The molecule has 0 bridgehead atoms. The van der Waals surface area contributed by atoms with E-state index in [9.17, 15) is 9.90 Å². The number of rotatable bonds is 4. The van der Waals surface area contributed by atoms with Gasteiger partial charge in [0.2, 0.25) is 0 Å². The van der Waals surface area contributed by atoms with Gasteiger partial charge in [0, 0.05) is 17.6 Å². The number of carboxylic acids is 1. The van der Waals surface area contributed by atoms with Crippen LogP contribution in [0.3, 0.4) is 0 Å². The van der Waals surface area contributed by atoms with Gasteiger partial charge in [-0.1, -0.05) is 30.9 Å². The Morgan fingerprint density at radius 2 is 2.05 bits per heavy atom. The molecule has 1 saturated carbocycles. The van der Waals surface area contributed by atoms with Crippen LogP contribution in [0.2, 0.25) is 5.02 Å². The average Bonchev–Trinajstić information content (AvgIpc) is 2.40. The molecule has 104 valence electrons. The number of halogens is 1. The van der Waals surface area contributed by atoms with Crippen LogP contribution < -0.4 is 4.90 Å². The molecule has 2 rings (SSSR count). The minimum Gasteiger partial charge on any atom is -0.478 e. The van der Waals surface area contributed by atoms with E-state index in [2.05, 4.69) is 11.8 Å². The molecule has 4 heteroatoms. The van der Waals surface area contributed by atoms with E-state index >= 15 is 0 Å². The summed E-state index contributed by atoms with van der Waals surface area (Å²) in [5.41, 5.74) is 1.10. The molecule has 1 N–H and O–H groups in total. The smallest absolute Gasteiger partial charge is 0.337 e. The van der Waals surface area contributed by atoms with E-state index in [1.165, 1.54) is 19.3 Å². The van der Waals surface area contributed by atoms with Gasteiger partial charge >= 0.3 is 5.97 Å². The van der Waals surface area contributed by atoms with E-state index in [1.807, 2.05) is 0 Å². The summed E-state index contributed by atoms with van der Waals surface area (Å²) in [5, 5.41) is 9.92. The lowest BCUT2D eigenvalue weighted by Gasteiger charge is -2.36. The van der Waals surface area contributed by atoms with Crippen LogP contribution in [0.5, 0.6) is 0 Å². The van der Waals surface area contributed by atoms with E-state index < -0.39 is 5.97 Å². The molecule has 0 amide bonds. The molecule has 0 heterocycles. The van der Waals surface area contributed by atoms with Crippen LogP contribution in [-0.4, -0.2) is 23.7 Å². The van der Waals surface area contributed by atoms with Gasteiger partial charge in [-0.05, 0) is 38.0 Å². The quantitative estimate of drug-likeness (QED) is 0.899. The monoisotopic (exact) mass is 281 g/mol. The summed E-state index contributed by atoms with van der Waals surface area (Å²) in [6, 6.07) is 5.47. The number of hydrogen-bond donors (Lipinski definition) is 1. The molecule has 1 aliphatic rings. The van der Waals surface area contributed by atoms with Crippen LogP contribution in [-0.2, 0) is 0 Å². The van der Waals surface area contributed by atoms with Crippen molar-refractivity contribution in [3.63, 3.8) is 0 Å². The highest BCUT2D eigenvalue weighted by Gasteiger charge is 2.24. The second kappa shape index (κ2) is 6.29.